The molecular formula is C15H24IN. The molecule has 1 aromatic rings. The van der Waals surface area contributed by atoms with Crippen molar-refractivity contribution in [2.75, 3.05) is 14.1 Å². The number of halogens is 1. The lowest BCUT2D eigenvalue weighted by Gasteiger charge is -2.25. The van der Waals surface area contributed by atoms with E-state index in [-0.39, 0.29) is 24.0 Å². The summed E-state index contributed by atoms with van der Waals surface area (Å²) in [6.07, 6.45) is 7.06. The minimum atomic E-state index is 0. The van der Waals surface area contributed by atoms with Crippen molar-refractivity contribution in [2.45, 2.75) is 44.6 Å². The van der Waals surface area contributed by atoms with E-state index in [1.165, 1.54) is 37.7 Å². The van der Waals surface area contributed by atoms with Crippen LogP contribution >= 0.6 is 24.0 Å². The van der Waals surface area contributed by atoms with Gasteiger partial charge in [-0.05, 0) is 44.0 Å². The molecule has 0 unspecified atom stereocenters. The van der Waals surface area contributed by atoms with Gasteiger partial charge in [0.05, 0.1) is 0 Å². The van der Waals surface area contributed by atoms with Crippen molar-refractivity contribution < 1.29 is 0 Å². The van der Waals surface area contributed by atoms with E-state index in [0.29, 0.717) is 0 Å². The zero-order chi connectivity index (χ0) is 11.4. The highest BCUT2D eigenvalue weighted by atomic mass is 127. The average Bonchev–Trinajstić information content (AvgIpc) is 2.30. The van der Waals surface area contributed by atoms with E-state index in [9.17, 15) is 0 Å². The second-order valence-corrected chi connectivity index (χ2v) is 5.27. The Hall–Kier alpha value is -0.0900. The molecule has 1 fully saturated rings. The number of rotatable bonds is 3. The van der Waals surface area contributed by atoms with Crippen LogP contribution in [0, 0.1) is 0 Å². The normalized spacial score (nSPS) is 16.9. The van der Waals surface area contributed by atoms with Crippen molar-refractivity contribution in [3.05, 3.63) is 35.4 Å². The van der Waals surface area contributed by atoms with E-state index in [2.05, 4.69) is 43.3 Å². The van der Waals surface area contributed by atoms with E-state index < -0.39 is 0 Å². The molecule has 0 atom stereocenters. The molecule has 17 heavy (non-hydrogen) atoms. The van der Waals surface area contributed by atoms with Crippen molar-refractivity contribution >= 4 is 24.0 Å². The van der Waals surface area contributed by atoms with E-state index in [4.69, 9.17) is 0 Å². The molecule has 0 amide bonds. The summed E-state index contributed by atoms with van der Waals surface area (Å²) in [4.78, 5) is 2.27. The van der Waals surface area contributed by atoms with Crippen LogP contribution in [0.2, 0.25) is 0 Å². The van der Waals surface area contributed by atoms with Crippen LogP contribution in [0.25, 0.3) is 0 Å². The van der Waals surface area contributed by atoms with Crippen LogP contribution in [-0.2, 0) is 6.54 Å². The molecule has 96 valence electrons. The summed E-state index contributed by atoms with van der Waals surface area (Å²) in [5, 5.41) is 0. The van der Waals surface area contributed by atoms with Gasteiger partial charge in [0, 0.05) is 6.54 Å². The molecule has 2 rings (SSSR count). The summed E-state index contributed by atoms with van der Waals surface area (Å²) in [6, 6.07) is 9.01. The summed E-state index contributed by atoms with van der Waals surface area (Å²) < 4.78 is 0. The number of benzene rings is 1. The third-order valence-corrected chi connectivity index (χ3v) is 3.59. The Bertz CT molecular complexity index is 329. The Morgan fingerprint density at radius 3 is 2.35 bits per heavy atom. The summed E-state index contributed by atoms with van der Waals surface area (Å²) >= 11 is 0. The maximum Gasteiger partial charge on any atom is 0.0230 e. The van der Waals surface area contributed by atoms with Crippen molar-refractivity contribution in [2.24, 2.45) is 0 Å². The second-order valence-electron chi connectivity index (χ2n) is 5.27. The Morgan fingerprint density at radius 2 is 1.71 bits per heavy atom. The number of hydrogen-bond acceptors (Lipinski definition) is 1. The molecule has 1 aromatic carbocycles. The first kappa shape index (κ1) is 15.0. The highest BCUT2D eigenvalue weighted by Gasteiger charge is 2.17. The van der Waals surface area contributed by atoms with Crippen LogP contribution in [0.15, 0.2) is 24.3 Å². The van der Waals surface area contributed by atoms with Gasteiger partial charge in [0.1, 0.15) is 0 Å². The largest absolute Gasteiger partial charge is 0.305 e. The molecule has 1 aliphatic carbocycles. The standard InChI is InChI=1S/C15H23N.HI/c1-16(2)12-14-10-6-7-11-15(14)13-8-4-3-5-9-13;/h6-7,10-11,13H,3-5,8-9,12H2,1-2H3;1H. The lowest BCUT2D eigenvalue weighted by atomic mass is 9.82. The topological polar surface area (TPSA) is 3.24 Å². The molecule has 0 spiro atoms. The van der Waals surface area contributed by atoms with Gasteiger partial charge in [-0.2, -0.15) is 0 Å². The van der Waals surface area contributed by atoms with Crippen LogP contribution in [0.4, 0.5) is 0 Å². The molecule has 0 radical (unpaired) electrons. The average molecular weight is 345 g/mol. The van der Waals surface area contributed by atoms with E-state index >= 15 is 0 Å². The van der Waals surface area contributed by atoms with Gasteiger partial charge in [-0.1, -0.05) is 43.5 Å². The van der Waals surface area contributed by atoms with Gasteiger partial charge >= 0.3 is 0 Å². The Kier molecular flexibility index (Phi) is 6.49. The lowest BCUT2D eigenvalue weighted by Crippen LogP contribution is -2.14. The number of hydrogen-bond donors (Lipinski definition) is 0. The minimum absolute atomic E-state index is 0. The third-order valence-electron chi connectivity index (χ3n) is 3.59. The van der Waals surface area contributed by atoms with E-state index in [0.717, 1.165) is 12.5 Å². The summed E-state index contributed by atoms with van der Waals surface area (Å²) in [5.41, 5.74) is 3.13. The first-order valence-electron chi connectivity index (χ1n) is 6.50. The van der Waals surface area contributed by atoms with Gasteiger partial charge in [-0.15, -0.1) is 24.0 Å². The van der Waals surface area contributed by atoms with Gasteiger partial charge in [-0.25, -0.2) is 0 Å². The molecule has 0 aliphatic heterocycles. The van der Waals surface area contributed by atoms with E-state index in [1.807, 2.05) is 0 Å². The monoisotopic (exact) mass is 345 g/mol. The number of nitrogens with zero attached hydrogens (tertiary/aromatic N) is 1. The molecule has 1 saturated carbocycles. The second kappa shape index (κ2) is 7.37. The summed E-state index contributed by atoms with van der Waals surface area (Å²) in [5.74, 6) is 0.824. The predicted molar refractivity (Wildman–Crippen MR) is 85.1 cm³/mol. The highest BCUT2D eigenvalue weighted by molar-refractivity contribution is 14.0. The van der Waals surface area contributed by atoms with Crippen molar-refractivity contribution in [1.29, 1.82) is 0 Å². The summed E-state index contributed by atoms with van der Waals surface area (Å²) in [6.45, 7) is 1.08. The zero-order valence-corrected chi connectivity index (χ0v) is 13.3. The maximum absolute atomic E-state index is 2.34. The Morgan fingerprint density at radius 1 is 1.06 bits per heavy atom. The van der Waals surface area contributed by atoms with Gasteiger partial charge in [0.15, 0.2) is 0 Å². The minimum Gasteiger partial charge on any atom is -0.305 e. The third kappa shape index (κ3) is 4.25. The molecular weight excluding hydrogens is 321 g/mol. The van der Waals surface area contributed by atoms with Crippen LogP contribution in [0.3, 0.4) is 0 Å². The molecule has 2 heteroatoms. The lowest BCUT2D eigenvalue weighted by molar-refractivity contribution is 0.392. The molecule has 0 bridgehead atoms. The first-order valence-corrected chi connectivity index (χ1v) is 6.50. The first-order chi connectivity index (χ1) is 7.77. The highest BCUT2D eigenvalue weighted by Crippen LogP contribution is 2.34. The molecule has 0 aromatic heterocycles. The van der Waals surface area contributed by atoms with Crippen LogP contribution in [-0.4, -0.2) is 19.0 Å². The predicted octanol–water partition coefficient (Wildman–Crippen LogP) is 4.41. The Balaban J connectivity index is 0.00000144. The van der Waals surface area contributed by atoms with Gasteiger partial charge < -0.3 is 4.90 Å². The maximum atomic E-state index is 2.34. The van der Waals surface area contributed by atoms with Crippen molar-refractivity contribution in [3.63, 3.8) is 0 Å². The molecule has 1 aliphatic rings. The van der Waals surface area contributed by atoms with Gasteiger partial charge in [0.2, 0.25) is 0 Å². The fourth-order valence-corrected chi connectivity index (χ4v) is 2.83. The summed E-state index contributed by atoms with van der Waals surface area (Å²) in [7, 11) is 4.30. The quantitative estimate of drug-likeness (QED) is 0.734. The van der Waals surface area contributed by atoms with Gasteiger partial charge in [-0.3, -0.25) is 0 Å². The van der Waals surface area contributed by atoms with Crippen LogP contribution in [0.5, 0.6) is 0 Å². The fourth-order valence-electron chi connectivity index (χ4n) is 2.83. The van der Waals surface area contributed by atoms with Crippen LogP contribution < -0.4 is 0 Å². The van der Waals surface area contributed by atoms with Crippen molar-refractivity contribution in [3.8, 4) is 0 Å². The molecule has 1 nitrogen and oxygen atoms in total. The van der Waals surface area contributed by atoms with Gasteiger partial charge in [0.25, 0.3) is 0 Å². The zero-order valence-electron chi connectivity index (χ0n) is 11.0. The fraction of sp³-hybridized carbons (Fsp3) is 0.600. The van der Waals surface area contributed by atoms with E-state index in [1.54, 1.807) is 5.56 Å². The smallest absolute Gasteiger partial charge is 0.0230 e. The Labute approximate surface area is 123 Å². The van der Waals surface area contributed by atoms with Crippen molar-refractivity contribution in [1.82, 2.24) is 4.90 Å². The molecule has 0 N–H and O–H groups in total. The van der Waals surface area contributed by atoms with Crippen LogP contribution in [0.1, 0.15) is 49.1 Å². The molecule has 0 heterocycles. The molecule has 0 saturated heterocycles. The SMILES string of the molecule is CN(C)Cc1ccccc1C1CCCCC1.I.